The summed E-state index contributed by atoms with van der Waals surface area (Å²) in [6.07, 6.45) is 30.3. The zero-order chi connectivity index (χ0) is 17.7. The van der Waals surface area contributed by atoms with Crippen molar-refractivity contribution in [3.8, 4) is 0 Å². The van der Waals surface area contributed by atoms with Gasteiger partial charge in [-0.25, -0.2) is 0 Å². The van der Waals surface area contributed by atoms with Crippen molar-refractivity contribution in [2.75, 3.05) is 0 Å². The first-order chi connectivity index (χ1) is 11.8. The van der Waals surface area contributed by atoms with E-state index in [0.29, 0.717) is 6.42 Å². The fourth-order valence-electron chi connectivity index (χ4n) is 2.26. The van der Waals surface area contributed by atoms with Crippen LogP contribution in [0.15, 0.2) is 48.6 Å². The zero-order valence-corrected chi connectivity index (χ0v) is 15.5. The third-order valence-corrected chi connectivity index (χ3v) is 3.70. The van der Waals surface area contributed by atoms with E-state index in [1.54, 1.807) is 0 Å². The second-order valence-electron chi connectivity index (χ2n) is 6.07. The average Bonchev–Trinajstić information content (AvgIpc) is 2.56. The molecule has 0 aliphatic carbocycles. The van der Waals surface area contributed by atoms with Crippen molar-refractivity contribution in [3.63, 3.8) is 0 Å². The Morgan fingerprint density at radius 2 is 1.08 bits per heavy atom. The Labute approximate surface area is 149 Å². The van der Waals surface area contributed by atoms with Gasteiger partial charge in [0, 0.05) is 6.42 Å². The monoisotopic (exact) mass is 332 g/mol. The van der Waals surface area contributed by atoms with Gasteiger partial charge >= 0.3 is 5.97 Å². The quantitative estimate of drug-likeness (QED) is 0.244. The summed E-state index contributed by atoms with van der Waals surface area (Å²) in [5, 5.41) is 8.51. The molecule has 24 heavy (non-hydrogen) atoms. The standard InChI is InChI=1S/C22H36O2/c1-2-3-4-5-6-7-8-9-10-11-12-13-14-15-16-17-18-19-20-21-22(23)24/h6-7,9-10,12-13,18-19H,2-5,8,11,14-17,20-21H2,1H3,(H,23,24)/b7-6?,10-9?,13-12?,19-18-. The molecule has 0 radical (unpaired) electrons. The van der Waals surface area contributed by atoms with Crippen molar-refractivity contribution in [3.05, 3.63) is 48.6 Å². The minimum atomic E-state index is -0.721. The molecular weight excluding hydrogens is 296 g/mol. The molecule has 2 nitrogen and oxygen atoms in total. The number of carboxylic acids is 1. The van der Waals surface area contributed by atoms with Crippen LogP contribution in [0.25, 0.3) is 0 Å². The van der Waals surface area contributed by atoms with Crippen molar-refractivity contribution in [1.29, 1.82) is 0 Å². The number of rotatable bonds is 16. The zero-order valence-electron chi connectivity index (χ0n) is 15.5. The summed E-state index contributed by atoms with van der Waals surface area (Å²) >= 11 is 0. The normalized spacial score (nSPS) is 12.4. The lowest BCUT2D eigenvalue weighted by Gasteiger charge is -1.93. The van der Waals surface area contributed by atoms with E-state index in [0.717, 1.165) is 25.7 Å². The van der Waals surface area contributed by atoms with Gasteiger partial charge in [0.05, 0.1) is 0 Å². The first-order valence-electron chi connectivity index (χ1n) is 9.59. The predicted octanol–water partition coefficient (Wildman–Crippen LogP) is 7.00. The number of allylic oxidation sites excluding steroid dienone is 8. The largest absolute Gasteiger partial charge is 0.481 e. The number of hydrogen-bond donors (Lipinski definition) is 1. The molecule has 0 fully saturated rings. The van der Waals surface area contributed by atoms with E-state index in [4.69, 9.17) is 5.11 Å². The summed E-state index contributed by atoms with van der Waals surface area (Å²) in [6, 6.07) is 0. The highest BCUT2D eigenvalue weighted by molar-refractivity contribution is 5.66. The van der Waals surface area contributed by atoms with Gasteiger partial charge in [0.2, 0.25) is 0 Å². The van der Waals surface area contributed by atoms with E-state index in [-0.39, 0.29) is 6.42 Å². The van der Waals surface area contributed by atoms with Crippen molar-refractivity contribution >= 4 is 5.97 Å². The van der Waals surface area contributed by atoms with Gasteiger partial charge in [-0.1, -0.05) is 68.4 Å². The van der Waals surface area contributed by atoms with Gasteiger partial charge in [-0.3, -0.25) is 4.79 Å². The summed E-state index contributed by atoms with van der Waals surface area (Å²) in [6.45, 7) is 2.24. The molecule has 0 bridgehead atoms. The van der Waals surface area contributed by atoms with Gasteiger partial charge < -0.3 is 5.11 Å². The molecular formula is C22H36O2. The SMILES string of the molecule is CCCCCC=CCC=CCC=CCCCC/C=C\CCC(=O)O. The summed E-state index contributed by atoms with van der Waals surface area (Å²) in [5.74, 6) is -0.721. The van der Waals surface area contributed by atoms with E-state index in [1.807, 2.05) is 6.08 Å². The maximum absolute atomic E-state index is 10.3. The lowest BCUT2D eigenvalue weighted by molar-refractivity contribution is -0.136. The summed E-state index contributed by atoms with van der Waals surface area (Å²) in [7, 11) is 0. The topological polar surface area (TPSA) is 37.3 Å². The van der Waals surface area contributed by atoms with Crippen LogP contribution in [0.1, 0.15) is 84.0 Å². The number of unbranched alkanes of at least 4 members (excludes halogenated alkanes) is 6. The second-order valence-corrected chi connectivity index (χ2v) is 6.07. The number of aliphatic carboxylic acids is 1. The first-order valence-corrected chi connectivity index (χ1v) is 9.59. The number of carbonyl (C=O) groups is 1. The Morgan fingerprint density at radius 3 is 1.58 bits per heavy atom. The van der Waals surface area contributed by atoms with Crippen LogP contribution in [0.4, 0.5) is 0 Å². The van der Waals surface area contributed by atoms with Crippen LogP contribution in [0.5, 0.6) is 0 Å². The van der Waals surface area contributed by atoms with Gasteiger partial charge in [-0.05, 0) is 57.8 Å². The molecule has 0 spiro atoms. The lowest BCUT2D eigenvalue weighted by Crippen LogP contribution is -1.91. The van der Waals surface area contributed by atoms with Gasteiger partial charge in [0.1, 0.15) is 0 Å². The molecule has 0 aromatic rings. The predicted molar refractivity (Wildman–Crippen MR) is 105 cm³/mol. The molecule has 0 rings (SSSR count). The van der Waals surface area contributed by atoms with Crippen LogP contribution in [0.2, 0.25) is 0 Å². The van der Waals surface area contributed by atoms with Crippen LogP contribution >= 0.6 is 0 Å². The molecule has 0 aromatic heterocycles. The molecule has 0 heterocycles. The van der Waals surface area contributed by atoms with Crippen LogP contribution in [-0.4, -0.2) is 11.1 Å². The second kappa shape index (κ2) is 19.5. The van der Waals surface area contributed by atoms with Crippen LogP contribution in [-0.2, 0) is 4.79 Å². The number of carboxylic acid groups (broad SMARTS) is 1. The maximum atomic E-state index is 10.3. The van der Waals surface area contributed by atoms with Gasteiger partial charge in [-0.2, -0.15) is 0 Å². The fraction of sp³-hybridized carbons (Fsp3) is 0.591. The molecule has 0 aromatic carbocycles. The van der Waals surface area contributed by atoms with E-state index in [1.165, 1.54) is 38.5 Å². The molecule has 0 atom stereocenters. The summed E-state index contributed by atoms with van der Waals surface area (Å²) < 4.78 is 0. The molecule has 0 unspecified atom stereocenters. The van der Waals surface area contributed by atoms with E-state index >= 15 is 0 Å². The first kappa shape index (κ1) is 22.4. The Kier molecular flexibility index (Phi) is 18.2. The van der Waals surface area contributed by atoms with Crippen molar-refractivity contribution in [2.24, 2.45) is 0 Å². The van der Waals surface area contributed by atoms with Gasteiger partial charge in [-0.15, -0.1) is 0 Å². The maximum Gasteiger partial charge on any atom is 0.303 e. The minimum Gasteiger partial charge on any atom is -0.481 e. The van der Waals surface area contributed by atoms with Crippen LogP contribution in [0.3, 0.4) is 0 Å². The highest BCUT2D eigenvalue weighted by Crippen LogP contribution is 2.04. The van der Waals surface area contributed by atoms with E-state index in [9.17, 15) is 4.79 Å². The molecule has 136 valence electrons. The minimum absolute atomic E-state index is 0.238. The Hall–Kier alpha value is -1.57. The summed E-state index contributed by atoms with van der Waals surface area (Å²) in [4.78, 5) is 10.3. The Balaban J connectivity index is 3.34. The van der Waals surface area contributed by atoms with Crippen molar-refractivity contribution in [1.82, 2.24) is 0 Å². The molecule has 0 saturated heterocycles. The lowest BCUT2D eigenvalue weighted by atomic mass is 10.1. The van der Waals surface area contributed by atoms with Crippen LogP contribution in [0, 0.1) is 0 Å². The third kappa shape index (κ3) is 20.4. The molecule has 1 N–H and O–H groups in total. The van der Waals surface area contributed by atoms with Gasteiger partial charge in [0.15, 0.2) is 0 Å². The average molecular weight is 333 g/mol. The number of hydrogen-bond acceptors (Lipinski definition) is 1. The fourth-order valence-corrected chi connectivity index (χ4v) is 2.26. The Bertz CT molecular complexity index is 389. The van der Waals surface area contributed by atoms with E-state index < -0.39 is 5.97 Å². The molecule has 0 amide bonds. The van der Waals surface area contributed by atoms with E-state index in [2.05, 4.69) is 49.5 Å². The molecule has 2 heteroatoms. The third-order valence-electron chi connectivity index (χ3n) is 3.70. The summed E-state index contributed by atoms with van der Waals surface area (Å²) in [5.41, 5.74) is 0. The van der Waals surface area contributed by atoms with Crippen molar-refractivity contribution in [2.45, 2.75) is 84.0 Å². The van der Waals surface area contributed by atoms with Gasteiger partial charge in [0.25, 0.3) is 0 Å². The van der Waals surface area contributed by atoms with Crippen LogP contribution < -0.4 is 0 Å². The Morgan fingerprint density at radius 1 is 0.667 bits per heavy atom. The molecule has 0 saturated carbocycles. The highest BCUT2D eigenvalue weighted by Gasteiger charge is 1.91. The highest BCUT2D eigenvalue weighted by atomic mass is 16.4. The molecule has 0 aliphatic heterocycles. The van der Waals surface area contributed by atoms with Crippen molar-refractivity contribution < 1.29 is 9.90 Å². The molecule has 0 aliphatic rings. The smallest absolute Gasteiger partial charge is 0.303 e.